The maximum absolute atomic E-state index is 10.00. The molecule has 0 aliphatic carbocycles. The van der Waals surface area contributed by atoms with Crippen LogP contribution in [0.2, 0.25) is 0 Å². The second-order valence-electron chi connectivity index (χ2n) is 2.64. The molecule has 4 nitrogen and oxygen atoms in total. The molecule has 0 spiro atoms. The predicted octanol–water partition coefficient (Wildman–Crippen LogP) is 1.89. The molecule has 0 aliphatic rings. The van der Waals surface area contributed by atoms with Crippen LogP contribution in [0.1, 0.15) is 11.1 Å². The third-order valence-corrected chi connectivity index (χ3v) is 1.70. The summed E-state index contributed by atoms with van der Waals surface area (Å²) in [4.78, 5) is 9.48. The molecule has 0 radical (unpaired) electrons. The van der Waals surface area contributed by atoms with Crippen LogP contribution in [0, 0.1) is 21.4 Å². The van der Waals surface area contributed by atoms with Gasteiger partial charge in [0.1, 0.15) is 0 Å². The summed E-state index contributed by atoms with van der Waals surface area (Å²) in [5, 5.41) is 18.7. The van der Waals surface area contributed by atoms with Crippen molar-refractivity contribution in [3.8, 4) is 6.07 Å². The number of benzene rings is 1. The fraction of sp³-hybridized carbons (Fsp3) is 0.100. The highest BCUT2D eigenvalue weighted by Gasteiger charge is 1.98. The van der Waals surface area contributed by atoms with Gasteiger partial charge in [0, 0.05) is 0 Å². The van der Waals surface area contributed by atoms with Gasteiger partial charge in [-0.2, -0.15) is 5.26 Å². The van der Waals surface area contributed by atoms with E-state index in [1.807, 2.05) is 6.07 Å². The number of allylic oxidation sites excluding steroid dienone is 1. The Morgan fingerprint density at radius 3 is 2.86 bits per heavy atom. The van der Waals surface area contributed by atoms with Crippen molar-refractivity contribution in [2.45, 2.75) is 6.42 Å². The highest BCUT2D eigenvalue weighted by atomic mass is 16.6. The molecule has 0 saturated carbocycles. The van der Waals surface area contributed by atoms with Gasteiger partial charge >= 0.3 is 0 Å². The van der Waals surface area contributed by atoms with E-state index in [4.69, 9.17) is 5.26 Å². The highest BCUT2D eigenvalue weighted by molar-refractivity contribution is 5.38. The van der Waals surface area contributed by atoms with Crippen molar-refractivity contribution in [2.75, 3.05) is 0 Å². The number of hydrogen-bond donors (Lipinski definition) is 0. The average Bonchev–Trinajstić information content (AvgIpc) is 2.18. The van der Waals surface area contributed by atoms with E-state index in [2.05, 4.69) is 0 Å². The van der Waals surface area contributed by atoms with Crippen molar-refractivity contribution in [3.63, 3.8) is 0 Å². The number of nitriles is 1. The van der Waals surface area contributed by atoms with Crippen LogP contribution < -0.4 is 0 Å². The van der Waals surface area contributed by atoms with Gasteiger partial charge in [-0.25, -0.2) is 0 Å². The van der Waals surface area contributed by atoms with Gasteiger partial charge in [0.15, 0.2) is 0 Å². The van der Waals surface area contributed by atoms with E-state index in [9.17, 15) is 10.1 Å². The molecule has 70 valence electrons. The van der Waals surface area contributed by atoms with E-state index in [0.29, 0.717) is 12.0 Å². The molecule has 0 unspecified atom stereocenters. The molecule has 0 heterocycles. The zero-order valence-corrected chi connectivity index (χ0v) is 7.38. The second-order valence-corrected chi connectivity index (χ2v) is 2.64. The zero-order valence-electron chi connectivity index (χ0n) is 7.38. The minimum absolute atomic E-state index is 0.407. The Kier molecular flexibility index (Phi) is 3.39. The molecule has 0 fully saturated rings. The van der Waals surface area contributed by atoms with Crippen LogP contribution in [0.15, 0.2) is 36.5 Å². The maximum Gasteiger partial charge on any atom is 0.230 e. The maximum atomic E-state index is 10.00. The SMILES string of the molecule is N#Cc1ccccc1CC=C[N+](=O)[O-]. The molecule has 0 atom stereocenters. The Bertz CT molecular complexity index is 405. The summed E-state index contributed by atoms with van der Waals surface area (Å²) in [7, 11) is 0. The lowest BCUT2D eigenvalue weighted by Crippen LogP contribution is -1.89. The Labute approximate surface area is 81.2 Å². The van der Waals surface area contributed by atoms with Crippen LogP contribution in [-0.2, 0) is 6.42 Å². The minimum atomic E-state index is -0.519. The summed E-state index contributed by atoms with van der Waals surface area (Å²) >= 11 is 0. The molecular weight excluding hydrogens is 180 g/mol. The molecular formula is C10H8N2O2. The average molecular weight is 188 g/mol. The van der Waals surface area contributed by atoms with Gasteiger partial charge in [0.25, 0.3) is 0 Å². The fourth-order valence-corrected chi connectivity index (χ4v) is 1.07. The molecule has 1 aromatic rings. The van der Waals surface area contributed by atoms with Crippen LogP contribution in [0.3, 0.4) is 0 Å². The van der Waals surface area contributed by atoms with Crippen molar-refractivity contribution < 1.29 is 4.92 Å². The Morgan fingerprint density at radius 1 is 1.50 bits per heavy atom. The fourth-order valence-electron chi connectivity index (χ4n) is 1.07. The van der Waals surface area contributed by atoms with Crippen LogP contribution in [0.5, 0.6) is 0 Å². The van der Waals surface area contributed by atoms with Crippen molar-refractivity contribution in [1.82, 2.24) is 0 Å². The molecule has 4 heteroatoms. The van der Waals surface area contributed by atoms with E-state index in [0.717, 1.165) is 11.8 Å². The number of nitrogens with zero attached hydrogens (tertiary/aromatic N) is 2. The minimum Gasteiger partial charge on any atom is -0.259 e. The molecule has 14 heavy (non-hydrogen) atoms. The van der Waals surface area contributed by atoms with Gasteiger partial charge in [-0.05, 0) is 24.1 Å². The van der Waals surface area contributed by atoms with Crippen LogP contribution in [0.25, 0.3) is 0 Å². The molecule has 0 saturated heterocycles. The molecule has 0 N–H and O–H groups in total. The monoisotopic (exact) mass is 188 g/mol. The Morgan fingerprint density at radius 2 is 2.21 bits per heavy atom. The molecule has 1 rings (SSSR count). The van der Waals surface area contributed by atoms with Crippen molar-refractivity contribution in [3.05, 3.63) is 57.8 Å². The van der Waals surface area contributed by atoms with Crippen molar-refractivity contribution >= 4 is 0 Å². The summed E-state index contributed by atoms with van der Waals surface area (Å²) in [6.45, 7) is 0. The highest BCUT2D eigenvalue weighted by Crippen LogP contribution is 2.08. The van der Waals surface area contributed by atoms with E-state index >= 15 is 0 Å². The summed E-state index contributed by atoms with van der Waals surface area (Å²) in [6.07, 6.45) is 2.72. The third-order valence-electron chi connectivity index (χ3n) is 1.70. The quantitative estimate of drug-likeness (QED) is 0.537. The summed E-state index contributed by atoms with van der Waals surface area (Å²) in [5.41, 5.74) is 1.36. The summed E-state index contributed by atoms with van der Waals surface area (Å²) in [5.74, 6) is 0. The van der Waals surface area contributed by atoms with Gasteiger partial charge < -0.3 is 0 Å². The summed E-state index contributed by atoms with van der Waals surface area (Å²) in [6, 6.07) is 9.07. The van der Waals surface area contributed by atoms with Gasteiger partial charge in [-0.15, -0.1) is 0 Å². The predicted molar refractivity (Wildman–Crippen MR) is 51.0 cm³/mol. The van der Waals surface area contributed by atoms with Crippen LogP contribution in [-0.4, -0.2) is 4.92 Å². The van der Waals surface area contributed by atoms with Crippen molar-refractivity contribution in [2.24, 2.45) is 0 Å². The Balaban J connectivity index is 2.77. The first-order chi connectivity index (χ1) is 6.74. The van der Waals surface area contributed by atoms with Gasteiger partial charge in [-0.1, -0.05) is 18.2 Å². The molecule has 0 aliphatic heterocycles. The van der Waals surface area contributed by atoms with E-state index in [1.165, 1.54) is 6.08 Å². The topological polar surface area (TPSA) is 66.9 Å². The number of rotatable bonds is 3. The van der Waals surface area contributed by atoms with Crippen LogP contribution in [0.4, 0.5) is 0 Å². The van der Waals surface area contributed by atoms with Gasteiger partial charge in [0.2, 0.25) is 6.20 Å². The van der Waals surface area contributed by atoms with E-state index < -0.39 is 4.92 Å². The van der Waals surface area contributed by atoms with E-state index in [-0.39, 0.29) is 0 Å². The normalized spacial score (nSPS) is 9.93. The third kappa shape index (κ3) is 2.72. The van der Waals surface area contributed by atoms with Crippen molar-refractivity contribution in [1.29, 1.82) is 5.26 Å². The first-order valence-electron chi connectivity index (χ1n) is 4.02. The van der Waals surface area contributed by atoms with Gasteiger partial charge in [-0.3, -0.25) is 10.1 Å². The molecule has 0 aromatic heterocycles. The lowest BCUT2D eigenvalue weighted by Gasteiger charge is -1.97. The first-order valence-corrected chi connectivity index (χ1v) is 4.02. The van der Waals surface area contributed by atoms with Crippen LogP contribution >= 0.6 is 0 Å². The number of hydrogen-bond acceptors (Lipinski definition) is 3. The second kappa shape index (κ2) is 4.77. The zero-order chi connectivity index (χ0) is 10.4. The lowest BCUT2D eigenvalue weighted by atomic mass is 10.1. The smallest absolute Gasteiger partial charge is 0.230 e. The molecule has 0 bridgehead atoms. The Hall–Kier alpha value is -2.15. The number of nitro groups is 1. The summed E-state index contributed by atoms with van der Waals surface area (Å²) < 4.78 is 0. The van der Waals surface area contributed by atoms with Gasteiger partial charge in [0.05, 0.1) is 16.6 Å². The largest absolute Gasteiger partial charge is 0.259 e. The molecule has 1 aromatic carbocycles. The standard InChI is InChI=1S/C10H8N2O2/c11-8-10-5-2-1-4-9(10)6-3-7-12(13)14/h1-5,7H,6H2. The molecule has 0 amide bonds. The first kappa shape index (κ1) is 9.93. The van der Waals surface area contributed by atoms with E-state index in [1.54, 1.807) is 24.3 Å². The lowest BCUT2D eigenvalue weighted by molar-refractivity contribution is -0.402.